The van der Waals surface area contributed by atoms with E-state index in [4.69, 9.17) is 11.6 Å². The standard InChI is InChI=1S/C6H4ClN3O2S/c7-4-1-2-5-8-3-6(13(11)12)10(5)9-4/h1-3,13H. The Bertz CT molecular complexity index is 526. The summed E-state index contributed by atoms with van der Waals surface area (Å²) in [5.74, 6) is 0. The number of nitrogens with zero attached hydrogens (tertiary/aromatic N) is 3. The van der Waals surface area contributed by atoms with E-state index in [0.29, 0.717) is 5.65 Å². The van der Waals surface area contributed by atoms with Gasteiger partial charge in [-0.25, -0.2) is 17.9 Å². The van der Waals surface area contributed by atoms with Gasteiger partial charge in [-0.2, -0.15) is 5.10 Å². The predicted molar refractivity (Wildman–Crippen MR) is 46.6 cm³/mol. The Labute approximate surface area is 79.9 Å². The average molecular weight is 218 g/mol. The molecule has 0 aliphatic heterocycles. The van der Waals surface area contributed by atoms with E-state index in [2.05, 4.69) is 10.1 Å². The molecule has 13 heavy (non-hydrogen) atoms. The normalized spacial score (nSPS) is 11.2. The Kier molecular flexibility index (Phi) is 1.93. The summed E-state index contributed by atoms with van der Waals surface area (Å²) in [7, 11) is -2.69. The minimum Gasteiger partial charge on any atom is -0.234 e. The molecule has 2 aromatic heterocycles. The molecule has 0 aromatic carbocycles. The number of rotatable bonds is 1. The Hall–Kier alpha value is -1.14. The molecule has 0 radical (unpaired) electrons. The van der Waals surface area contributed by atoms with Gasteiger partial charge in [0.25, 0.3) is 0 Å². The molecule has 2 aromatic rings. The average Bonchev–Trinajstić information content (AvgIpc) is 2.46. The number of aromatic nitrogens is 3. The first-order valence-electron chi connectivity index (χ1n) is 3.33. The van der Waals surface area contributed by atoms with Crippen LogP contribution in [0, 0.1) is 0 Å². The first-order chi connectivity index (χ1) is 6.18. The Balaban J connectivity index is 2.86. The highest BCUT2D eigenvalue weighted by atomic mass is 35.5. The van der Waals surface area contributed by atoms with Crippen LogP contribution in [0.25, 0.3) is 5.65 Å². The molecule has 7 heteroatoms. The van der Waals surface area contributed by atoms with Gasteiger partial charge in [0, 0.05) is 0 Å². The minimum atomic E-state index is -2.69. The van der Waals surface area contributed by atoms with Crippen LogP contribution >= 0.6 is 11.6 Å². The monoisotopic (exact) mass is 217 g/mol. The largest absolute Gasteiger partial charge is 0.234 e. The summed E-state index contributed by atoms with van der Waals surface area (Å²) in [4.78, 5) is 3.84. The third kappa shape index (κ3) is 1.38. The number of halogens is 1. The molecule has 0 saturated heterocycles. The van der Waals surface area contributed by atoms with Gasteiger partial charge < -0.3 is 0 Å². The second-order valence-electron chi connectivity index (χ2n) is 2.30. The molecule has 0 aliphatic rings. The van der Waals surface area contributed by atoms with Crippen molar-refractivity contribution in [1.82, 2.24) is 14.6 Å². The van der Waals surface area contributed by atoms with Crippen molar-refractivity contribution in [3.05, 3.63) is 23.5 Å². The quantitative estimate of drug-likeness (QED) is 0.701. The summed E-state index contributed by atoms with van der Waals surface area (Å²) in [5.41, 5.74) is 0.457. The third-order valence-electron chi connectivity index (χ3n) is 1.50. The number of hydrogen-bond donors (Lipinski definition) is 1. The van der Waals surface area contributed by atoms with Crippen molar-refractivity contribution in [2.45, 2.75) is 5.03 Å². The van der Waals surface area contributed by atoms with Crippen molar-refractivity contribution in [2.75, 3.05) is 0 Å². The molecule has 0 atom stereocenters. The van der Waals surface area contributed by atoms with Crippen molar-refractivity contribution in [3.63, 3.8) is 0 Å². The molecular weight excluding hydrogens is 214 g/mol. The van der Waals surface area contributed by atoms with Gasteiger partial charge in [-0.05, 0) is 12.1 Å². The SMILES string of the molecule is O=[SH](=O)c1cnc2ccc(Cl)nn12. The van der Waals surface area contributed by atoms with Crippen LogP contribution in [0.4, 0.5) is 0 Å². The number of fused-ring (bicyclic) bond motifs is 1. The number of thiol groups is 1. The maximum Gasteiger partial charge on any atom is 0.187 e. The van der Waals surface area contributed by atoms with E-state index in [0.717, 1.165) is 0 Å². The highest BCUT2D eigenvalue weighted by Crippen LogP contribution is 2.09. The fourth-order valence-corrected chi connectivity index (χ4v) is 1.56. The zero-order valence-corrected chi connectivity index (χ0v) is 7.87. The van der Waals surface area contributed by atoms with Gasteiger partial charge in [0.05, 0.1) is 6.20 Å². The summed E-state index contributed by atoms with van der Waals surface area (Å²) in [6, 6.07) is 3.14. The Morgan fingerprint density at radius 3 is 2.85 bits per heavy atom. The predicted octanol–water partition coefficient (Wildman–Crippen LogP) is 0.353. The van der Waals surface area contributed by atoms with Crippen LogP contribution in [0.2, 0.25) is 5.15 Å². The summed E-state index contributed by atoms with van der Waals surface area (Å²) < 4.78 is 22.5. The van der Waals surface area contributed by atoms with Crippen LogP contribution in [-0.2, 0) is 10.7 Å². The highest BCUT2D eigenvalue weighted by Gasteiger charge is 2.05. The van der Waals surface area contributed by atoms with E-state index in [9.17, 15) is 8.42 Å². The molecule has 0 amide bonds. The van der Waals surface area contributed by atoms with Crippen LogP contribution in [0.15, 0.2) is 23.4 Å². The molecule has 0 N–H and O–H groups in total. The molecular formula is C6H4ClN3O2S. The van der Waals surface area contributed by atoms with Crippen LogP contribution < -0.4 is 0 Å². The first kappa shape index (κ1) is 8.46. The minimum absolute atomic E-state index is 0.0347. The Morgan fingerprint density at radius 2 is 2.15 bits per heavy atom. The lowest BCUT2D eigenvalue weighted by Crippen LogP contribution is -1.95. The van der Waals surface area contributed by atoms with Gasteiger partial charge >= 0.3 is 0 Å². The van der Waals surface area contributed by atoms with Gasteiger partial charge in [-0.1, -0.05) is 11.6 Å². The molecule has 0 fully saturated rings. The number of hydrogen-bond acceptors (Lipinski definition) is 4. The van der Waals surface area contributed by atoms with Gasteiger partial charge in [0.2, 0.25) is 0 Å². The molecule has 0 saturated carbocycles. The smallest absolute Gasteiger partial charge is 0.187 e. The fourth-order valence-electron chi connectivity index (χ4n) is 0.963. The Morgan fingerprint density at radius 1 is 1.38 bits per heavy atom. The van der Waals surface area contributed by atoms with Gasteiger partial charge in [0.15, 0.2) is 21.4 Å². The van der Waals surface area contributed by atoms with E-state index < -0.39 is 10.7 Å². The second-order valence-corrected chi connectivity index (χ2v) is 3.66. The summed E-state index contributed by atoms with van der Waals surface area (Å²) in [5, 5.41) is 4.05. The molecule has 2 heterocycles. The van der Waals surface area contributed by atoms with E-state index in [-0.39, 0.29) is 10.2 Å². The molecule has 5 nitrogen and oxygen atoms in total. The zero-order valence-electron chi connectivity index (χ0n) is 6.22. The molecule has 68 valence electrons. The van der Waals surface area contributed by atoms with Crippen molar-refractivity contribution in [2.24, 2.45) is 0 Å². The molecule has 2 rings (SSSR count). The second kappa shape index (κ2) is 2.97. The lowest BCUT2D eigenvalue weighted by molar-refractivity contribution is 0.607. The van der Waals surface area contributed by atoms with Crippen LogP contribution in [0.1, 0.15) is 0 Å². The summed E-state index contributed by atoms with van der Waals surface area (Å²) >= 11 is 5.60. The van der Waals surface area contributed by atoms with E-state index >= 15 is 0 Å². The van der Waals surface area contributed by atoms with Crippen molar-refractivity contribution >= 4 is 28.0 Å². The molecule has 0 aliphatic carbocycles. The molecule has 0 spiro atoms. The van der Waals surface area contributed by atoms with E-state index in [1.165, 1.54) is 10.7 Å². The van der Waals surface area contributed by atoms with E-state index in [1.54, 1.807) is 12.1 Å². The van der Waals surface area contributed by atoms with Crippen LogP contribution in [0.3, 0.4) is 0 Å². The van der Waals surface area contributed by atoms with Gasteiger partial charge in [0.1, 0.15) is 5.15 Å². The maximum absolute atomic E-state index is 10.7. The highest BCUT2D eigenvalue weighted by molar-refractivity contribution is 7.72. The topological polar surface area (TPSA) is 64.3 Å². The lowest BCUT2D eigenvalue weighted by Gasteiger charge is -1.93. The van der Waals surface area contributed by atoms with Crippen molar-refractivity contribution in [1.29, 1.82) is 0 Å². The summed E-state index contributed by atoms with van der Waals surface area (Å²) in [6.45, 7) is 0. The fraction of sp³-hybridized carbons (Fsp3) is 0. The zero-order chi connectivity index (χ0) is 9.42. The molecule has 0 unspecified atom stereocenters. The van der Waals surface area contributed by atoms with Gasteiger partial charge in [-0.3, -0.25) is 0 Å². The third-order valence-corrected chi connectivity index (χ3v) is 2.38. The maximum atomic E-state index is 10.7. The lowest BCUT2D eigenvalue weighted by atomic mass is 10.6. The van der Waals surface area contributed by atoms with Crippen molar-refractivity contribution in [3.8, 4) is 0 Å². The van der Waals surface area contributed by atoms with Crippen LogP contribution in [-0.4, -0.2) is 23.0 Å². The van der Waals surface area contributed by atoms with Crippen molar-refractivity contribution < 1.29 is 8.42 Å². The summed E-state index contributed by atoms with van der Waals surface area (Å²) in [6.07, 6.45) is 1.24. The number of imidazole rings is 1. The van der Waals surface area contributed by atoms with Crippen LogP contribution in [0.5, 0.6) is 0 Å². The first-order valence-corrected chi connectivity index (χ1v) is 4.89. The van der Waals surface area contributed by atoms with E-state index in [1.807, 2.05) is 0 Å². The molecule has 0 bridgehead atoms. The van der Waals surface area contributed by atoms with Gasteiger partial charge in [-0.15, -0.1) is 0 Å².